The number of esters is 1. The lowest BCUT2D eigenvalue weighted by Gasteiger charge is -2.41. The molecule has 2 saturated heterocycles. The highest BCUT2D eigenvalue weighted by molar-refractivity contribution is 5.75. The highest BCUT2D eigenvalue weighted by atomic mass is 16.6. The lowest BCUT2D eigenvalue weighted by atomic mass is 9.76. The van der Waals surface area contributed by atoms with Crippen LogP contribution in [0.4, 0.5) is 5.69 Å². The number of hydrogen-bond acceptors (Lipinski definition) is 5. The van der Waals surface area contributed by atoms with Crippen molar-refractivity contribution in [3.05, 3.63) is 39.9 Å². The molecule has 1 aromatic rings. The molecule has 124 valence electrons. The van der Waals surface area contributed by atoms with Crippen molar-refractivity contribution in [1.29, 1.82) is 0 Å². The smallest absolute Gasteiger partial charge is 0.311 e. The molecular formula is C17H22N2O4. The average molecular weight is 318 g/mol. The third-order valence-electron chi connectivity index (χ3n) is 5.36. The molecule has 0 N–H and O–H groups in total. The minimum atomic E-state index is -0.398. The SMILES string of the molecule is CCOC(=O)C1C(c2ccc([N+](=O)[O-])cc2)CC2CCC1N2C. The molecule has 0 aromatic heterocycles. The number of carbonyl (C=O) groups is 1. The van der Waals surface area contributed by atoms with Crippen molar-refractivity contribution in [1.82, 2.24) is 4.90 Å². The van der Waals surface area contributed by atoms with Gasteiger partial charge in [-0.05, 0) is 38.8 Å². The van der Waals surface area contributed by atoms with E-state index in [0.717, 1.165) is 24.8 Å². The Labute approximate surface area is 135 Å². The van der Waals surface area contributed by atoms with Gasteiger partial charge in [-0.25, -0.2) is 0 Å². The number of ether oxygens (including phenoxy) is 1. The third kappa shape index (κ3) is 2.83. The van der Waals surface area contributed by atoms with Gasteiger partial charge in [0.1, 0.15) is 0 Å². The molecule has 4 unspecified atom stereocenters. The summed E-state index contributed by atoms with van der Waals surface area (Å²) in [6, 6.07) is 7.31. The molecule has 6 nitrogen and oxygen atoms in total. The van der Waals surface area contributed by atoms with E-state index in [1.807, 2.05) is 6.92 Å². The lowest BCUT2D eigenvalue weighted by molar-refractivity contribution is -0.384. The molecule has 2 bridgehead atoms. The van der Waals surface area contributed by atoms with Crippen LogP contribution in [0, 0.1) is 16.0 Å². The van der Waals surface area contributed by atoms with Crippen molar-refractivity contribution >= 4 is 11.7 Å². The second kappa shape index (κ2) is 6.28. The molecular weight excluding hydrogens is 296 g/mol. The maximum Gasteiger partial charge on any atom is 0.311 e. The summed E-state index contributed by atoms with van der Waals surface area (Å²) in [5.41, 5.74) is 1.08. The van der Waals surface area contributed by atoms with E-state index in [0.29, 0.717) is 12.6 Å². The van der Waals surface area contributed by atoms with Crippen molar-refractivity contribution in [3.8, 4) is 0 Å². The lowest BCUT2D eigenvalue weighted by Crippen LogP contribution is -2.49. The molecule has 3 rings (SSSR count). The van der Waals surface area contributed by atoms with E-state index in [9.17, 15) is 14.9 Å². The Hall–Kier alpha value is -1.95. The minimum Gasteiger partial charge on any atom is -0.466 e. The summed E-state index contributed by atoms with van der Waals surface area (Å²) in [5.74, 6) is -0.267. The number of rotatable bonds is 4. The van der Waals surface area contributed by atoms with Gasteiger partial charge < -0.3 is 4.74 Å². The second-order valence-electron chi connectivity index (χ2n) is 6.43. The summed E-state index contributed by atoms with van der Waals surface area (Å²) in [4.78, 5) is 25.3. The molecule has 0 spiro atoms. The molecule has 0 amide bonds. The molecule has 23 heavy (non-hydrogen) atoms. The van der Waals surface area contributed by atoms with E-state index in [2.05, 4.69) is 11.9 Å². The Morgan fingerprint density at radius 3 is 2.65 bits per heavy atom. The minimum absolute atomic E-state index is 0.0727. The van der Waals surface area contributed by atoms with E-state index in [1.165, 1.54) is 12.1 Å². The first-order valence-electron chi connectivity index (χ1n) is 8.15. The molecule has 0 radical (unpaired) electrons. The first-order chi connectivity index (χ1) is 11.0. The fraction of sp³-hybridized carbons (Fsp3) is 0.588. The highest BCUT2D eigenvalue weighted by Crippen LogP contribution is 2.46. The fourth-order valence-corrected chi connectivity index (χ4v) is 4.21. The molecule has 2 aliphatic rings. The summed E-state index contributed by atoms with van der Waals surface area (Å²) >= 11 is 0. The molecule has 0 aliphatic carbocycles. The first-order valence-corrected chi connectivity index (χ1v) is 8.15. The average Bonchev–Trinajstić information content (AvgIpc) is 2.78. The summed E-state index contributed by atoms with van der Waals surface area (Å²) in [5, 5.41) is 10.8. The maximum absolute atomic E-state index is 12.5. The Morgan fingerprint density at radius 2 is 2.04 bits per heavy atom. The largest absolute Gasteiger partial charge is 0.466 e. The van der Waals surface area contributed by atoms with E-state index in [4.69, 9.17) is 4.74 Å². The topological polar surface area (TPSA) is 72.7 Å². The summed E-state index contributed by atoms with van der Waals surface area (Å²) in [6.07, 6.45) is 3.00. The number of benzene rings is 1. The first kappa shape index (κ1) is 15.9. The van der Waals surface area contributed by atoms with Gasteiger partial charge in [0.15, 0.2) is 0 Å². The number of carbonyl (C=O) groups excluding carboxylic acids is 1. The van der Waals surface area contributed by atoms with Gasteiger partial charge in [-0.1, -0.05) is 12.1 Å². The van der Waals surface area contributed by atoms with Crippen molar-refractivity contribution in [2.24, 2.45) is 5.92 Å². The Kier molecular flexibility index (Phi) is 4.35. The van der Waals surface area contributed by atoms with Gasteiger partial charge >= 0.3 is 5.97 Å². The van der Waals surface area contributed by atoms with Gasteiger partial charge in [0.25, 0.3) is 5.69 Å². The predicted octanol–water partition coefficient (Wildman–Crippen LogP) is 2.72. The summed E-state index contributed by atoms with van der Waals surface area (Å²) < 4.78 is 5.32. The number of nitrogens with zero attached hydrogens (tertiary/aromatic N) is 2. The predicted molar refractivity (Wildman–Crippen MR) is 85.2 cm³/mol. The van der Waals surface area contributed by atoms with Gasteiger partial charge in [-0.3, -0.25) is 19.8 Å². The summed E-state index contributed by atoms with van der Waals surface area (Å²) in [7, 11) is 2.08. The van der Waals surface area contributed by atoms with Gasteiger partial charge in [0, 0.05) is 30.1 Å². The van der Waals surface area contributed by atoms with Crippen LogP contribution in [0.25, 0.3) is 0 Å². The van der Waals surface area contributed by atoms with Crippen molar-refractivity contribution in [2.45, 2.75) is 44.2 Å². The number of nitro benzene ring substituents is 1. The van der Waals surface area contributed by atoms with Crippen LogP contribution in [0.2, 0.25) is 0 Å². The van der Waals surface area contributed by atoms with Crippen LogP contribution in [0.1, 0.15) is 37.7 Å². The van der Waals surface area contributed by atoms with Crippen LogP contribution < -0.4 is 0 Å². The van der Waals surface area contributed by atoms with Crippen LogP contribution in [0.15, 0.2) is 24.3 Å². The normalized spacial score (nSPS) is 30.2. The second-order valence-corrected chi connectivity index (χ2v) is 6.43. The van der Waals surface area contributed by atoms with Crippen LogP contribution in [0.3, 0.4) is 0 Å². The molecule has 2 aliphatic heterocycles. The Bertz CT molecular complexity index is 601. The number of non-ortho nitro benzene ring substituents is 1. The number of nitro groups is 1. The van der Waals surface area contributed by atoms with E-state index in [-0.39, 0.29) is 29.5 Å². The molecule has 1 aromatic carbocycles. The quantitative estimate of drug-likeness (QED) is 0.485. The number of piperidine rings is 1. The molecule has 0 saturated carbocycles. The zero-order valence-corrected chi connectivity index (χ0v) is 13.5. The van der Waals surface area contributed by atoms with Crippen LogP contribution in [0.5, 0.6) is 0 Å². The zero-order chi connectivity index (χ0) is 16.6. The molecule has 2 heterocycles. The van der Waals surface area contributed by atoms with Gasteiger partial charge in [0.2, 0.25) is 0 Å². The third-order valence-corrected chi connectivity index (χ3v) is 5.36. The van der Waals surface area contributed by atoms with Gasteiger partial charge in [0.05, 0.1) is 17.4 Å². The van der Waals surface area contributed by atoms with Crippen molar-refractivity contribution < 1.29 is 14.5 Å². The Morgan fingerprint density at radius 1 is 1.35 bits per heavy atom. The van der Waals surface area contributed by atoms with E-state index < -0.39 is 4.92 Å². The molecule has 4 atom stereocenters. The fourth-order valence-electron chi connectivity index (χ4n) is 4.21. The van der Waals surface area contributed by atoms with Crippen LogP contribution in [-0.4, -0.2) is 41.5 Å². The standard InChI is InChI=1S/C17H22N2O4/c1-3-23-17(20)16-14(10-13-8-9-15(16)18(13)2)11-4-6-12(7-5-11)19(21)22/h4-7,13-16H,3,8-10H2,1-2H3. The van der Waals surface area contributed by atoms with Crippen LogP contribution in [-0.2, 0) is 9.53 Å². The van der Waals surface area contributed by atoms with Crippen molar-refractivity contribution in [2.75, 3.05) is 13.7 Å². The van der Waals surface area contributed by atoms with Crippen LogP contribution >= 0.6 is 0 Å². The Balaban J connectivity index is 1.91. The molecule has 2 fully saturated rings. The monoisotopic (exact) mass is 318 g/mol. The van der Waals surface area contributed by atoms with E-state index >= 15 is 0 Å². The van der Waals surface area contributed by atoms with E-state index in [1.54, 1.807) is 12.1 Å². The summed E-state index contributed by atoms with van der Waals surface area (Å²) in [6.45, 7) is 2.20. The maximum atomic E-state index is 12.5. The van der Waals surface area contributed by atoms with Gasteiger partial charge in [-0.15, -0.1) is 0 Å². The van der Waals surface area contributed by atoms with Crippen molar-refractivity contribution in [3.63, 3.8) is 0 Å². The number of fused-ring (bicyclic) bond motifs is 2. The van der Waals surface area contributed by atoms with Gasteiger partial charge in [-0.2, -0.15) is 0 Å². The number of hydrogen-bond donors (Lipinski definition) is 0. The highest BCUT2D eigenvalue weighted by Gasteiger charge is 2.49. The zero-order valence-electron chi connectivity index (χ0n) is 13.5. The molecule has 6 heteroatoms.